The van der Waals surface area contributed by atoms with Gasteiger partial charge in [0.15, 0.2) is 0 Å². The van der Waals surface area contributed by atoms with Crippen LogP contribution in [0, 0.1) is 11.3 Å². The molecule has 1 N–H and O–H groups in total. The summed E-state index contributed by atoms with van der Waals surface area (Å²) in [5.41, 5.74) is 1.07. The smallest absolute Gasteiger partial charge is 0.266 e. The van der Waals surface area contributed by atoms with Crippen LogP contribution >= 0.6 is 11.6 Å². The Morgan fingerprint density at radius 2 is 1.91 bits per heavy atom. The number of para-hydroxylation sites is 2. The molecule has 2 aromatic rings. The Morgan fingerprint density at radius 3 is 2.59 bits per heavy atom. The first-order valence-electron chi connectivity index (χ1n) is 6.46. The highest BCUT2D eigenvalue weighted by molar-refractivity contribution is 6.34. The van der Waals surface area contributed by atoms with Crippen LogP contribution in [0.25, 0.3) is 6.08 Å². The van der Waals surface area contributed by atoms with Crippen LogP contribution in [0.1, 0.15) is 5.56 Å². The van der Waals surface area contributed by atoms with Gasteiger partial charge in [0.2, 0.25) is 0 Å². The summed E-state index contributed by atoms with van der Waals surface area (Å²) in [7, 11) is 1.53. The van der Waals surface area contributed by atoms with E-state index in [1.807, 2.05) is 12.1 Å². The van der Waals surface area contributed by atoms with Gasteiger partial charge in [-0.1, -0.05) is 41.9 Å². The fourth-order valence-electron chi connectivity index (χ4n) is 1.84. The maximum atomic E-state index is 12.2. The average molecular weight is 313 g/mol. The van der Waals surface area contributed by atoms with E-state index < -0.39 is 5.91 Å². The predicted molar refractivity (Wildman–Crippen MR) is 86.7 cm³/mol. The molecule has 0 saturated heterocycles. The van der Waals surface area contributed by atoms with Crippen molar-refractivity contribution in [2.24, 2.45) is 0 Å². The Kier molecular flexibility index (Phi) is 5.18. The lowest BCUT2D eigenvalue weighted by Gasteiger charge is -2.07. The SMILES string of the molecule is COc1ccccc1/C=C(\C#N)C(=O)Nc1ccccc1Cl. The molecular weight excluding hydrogens is 300 g/mol. The van der Waals surface area contributed by atoms with Crippen molar-refractivity contribution in [2.75, 3.05) is 12.4 Å². The number of benzene rings is 2. The van der Waals surface area contributed by atoms with Crippen molar-refractivity contribution in [3.8, 4) is 11.8 Å². The second-order valence-corrected chi connectivity index (χ2v) is 4.75. The van der Waals surface area contributed by atoms with Gasteiger partial charge in [-0.3, -0.25) is 4.79 Å². The van der Waals surface area contributed by atoms with Gasteiger partial charge in [-0.15, -0.1) is 0 Å². The molecule has 0 saturated carbocycles. The fraction of sp³-hybridized carbons (Fsp3) is 0.0588. The van der Waals surface area contributed by atoms with Crippen LogP contribution in [-0.2, 0) is 4.79 Å². The number of nitrogens with one attached hydrogen (secondary N) is 1. The van der Waals surface area contributed by atoms with Crippen molar-refractivity contribution in [3.05, 3.63) is 64.7 Å². The molecular formula is C17H13ClN2O2. The summed E-state index contributed by atoms with van der Waals surface area (Å²) in [6, 6.07) is 15.9. The first kappa shape index (κ1) is 15.6. The molecule has 0 spiro atoms. The van der Waals surface area contributed by atoms with Gasteiger partial charge in [0.25, 0.3) is 5.91 Å². The lowest BCUT2D eigenvalue weighted by atomic mass is 10.1. The summed E-state index contributed by atoms with van der Waals surface area (Å²) in [6.45, 7) is 0. The molecule has 22 heavy (non-hydrogen) atoms. The summed E-state index contributed by atoms with van der Waals surface area (Å²) in [6.07, 6.45) is 1.48. The van der Waals surface area contributed by atoms with Crippen LogP contribution in [0.3, 0.4) is 0 Å². The van der Waals surface area contributed by atoms with Gasteiger partial charge < -0.3 is 10.1 Å². The van der Waals surface area contributed by atoms with E-state index in [0.717, 1.165) is 0 Å². The fourth-order valence-corrected chi connectivity index (χ4v) is 2.02. The third-order valence-corrected chi connectivity index (χ3v) is 3.26. The van der Waals surface area contributed by atoms with E-state index in [-0.39, 0.29) is 5.57 Å². The summed E-state index contributed by atoms with van der Waals surface area (Å²) in [4.78, 5) is 12.2. The number of ether oxygens (including phenoxy) is 1. The van der Waals surface area contributed by atoms with Gasteiger partial charge in [-0.2, -0.15) is 5.26 Å². The number of carbonyl (C=O) groups excluding carboxylic acids is 1. The Labute approximate surface area is 133 Å². The second kappa shape index (κ2) is 7.30. The number of halogens is 1. The van der Waals surface area contributed by atoms with E-state index in [0.29, 0.717) is 22.0 Å². The number of nitriles is 1. The first-order chi connectivity index (χ1) is 10.7. The van der Waals surface area contributed by atoms with Crippen molar-refractivity contribution in [3.63, 3.8) is 0 Å². The molecule has 0 heterocycles. The van der Waals surface area contributed by atoms with Crippen LogP contribution in [0.2, 0.25) is 5.02 Å². The number of hydrogen-bond donors (Lipinski definition) is 1. The van der Waals surface area contributed by atoms with E-state index >= 15 is 0 Å². The summed E-state index contributed by atoms with van der Waals surface area (Å²) in [5.74, 6) is 0.0577. The molecule has 0 fully saturated rings. The molecule has 2 aromatic carbocycles. The molecule has 0 unspecified atom stereocenters. The molecule has 5 heteroatoms. The van der Waals surface area contributed by atoms with E-state index in [1.165, 1.54) is 13.2 Å². The van der Waals surface area contributed by atoms with E-state index in [2.05, 4.69) is 5.32 Å². The van der Waals surface area contributed by atoms with Crippen molar-refractivity contribution >= 4 is 29.3 Å². The van der Waals surface area contributed by atoms with Crippen molar-refractivity contribution in [2.45, 2.75) is 0 Å². The Hall–Kier alpha value is -2.77. The Bertz CT molecular complexity index is 763. The number of methoxy groups -OCH3 is 1. The van der Waals surface area contributed by atoms with Gasteiger partial charge >= 0.3 is 0 Å². The highest BCUT2D eigenvalue weighted by atomic mass is 35.5. The van der Waals surface area contributed by atoms with Crippen molar-refractivity contribution < 1.29 is 9.53 Å². The Morgan fingerprint density at radius 1 is 1.23 bits per heavy atom. The van der Waals surface area contributed by atoms with Crippen LogP contribution in [0.5, 0.6) is 5.75 Å². The van der Waals surface area contributed by atoms with Gasteiger partial charge in [0.05, 0.1) is 17.8 Å². The zero-order valence-electron chi connectivity index (χ0n) is 11.8. The number of hydrogen-bond acceptors (Lipinski definition) is 3. The number of nitrogens with zero attached hydrogens (tertiary/aromatic N) is 1. The minimum absolute atomic E-state index is 0.0376. The molecule has 0 aliphatic heterocycles. The maximum Gasteiger partial charge on any atom is 0.266 e. The molecule has 0 bridgehead atoms. The zero-order chi connectivity index (χ0) is 15.9. The van der Waals surface area contributed by atoms with Crippen LogP contribution in [-0.4, -0.2) is 13.0 Å². The van der Waals surface area contributed by atoms with Crippen LogP contribution in [0.4, 0.5) is 5.69 Å². The largest absolute Gasteiger partial charge is 0.496 e. The van der Waals surface area contributed by atoms with Crippen LogP contribution in [0.15, 0.2) is 54.1 Å². The summed E-state index contributed by atoms with van der Waals surface area (Å²) in [5, 5.41) is 12.2. The van der Waals surface area contributed by atoms with Gasteiger partial charge in [0.1, 0.15) is 17.4 Å². The molecule has 110 valence electrons. The van der Waals surface area contributed by atoms with Crippen molar-refractivity contribution in [1.82, 2.24) is 0 Å². The molecule has 0 radical (unpaired) electrons. The van der Waals surface area contributed by atoms with Crippen molar-refractivity contribution in [1.29, 1.82) is 5.26 Å². The maximum absolute atomic E-state index is 12.2. The van der Waals surface area contributed by atoms with Gasteiger partial charge in [0, 0.05) is 5.56 Å². The minimum Gasteiger partial charge on any atom is -0.496 e. The van der Waals surface area contributed by atoms with E-state index in [4.69, 9.17) is 16.3 Å². The number of anilines is 1. The molecule has 0 aromatic heterocycles. The quantitative estimate of drug-likeness (QED) is 0.688. The molecule has 0 aliphatic carbocycles. The third kappa shape index (κ3) is 3.66. The van der Waals surface area contributed by atoms with Gasteiger partial charge in [-0.05, 0) is 24.3 Å². The molecule has 0 aliphatic rings. The first-order valence-corrected chi connectivity index (χ1v) is 6.84. The molecule has 2 rings (SSSR count). The van der Waals surface area contributed by atoms with E-state index in [1.54, 1.807) is 42.5 Å². The number of amides is 1. The van der Waals surface area contributed by atoms with Gasteiger partial charge in [-0.25, -0.2) is 0 Å². The second-order valence-electron chi connectivity index (χ2n) is 4.35. The standard InChI is InChI=1S/C17H13ClN2O2/c1-22-16-9-5-2-6-12(16)10-13(11-19)17(21)20-15-8-4-3-7-14(15)18/h2-10H,1H3,(H,20,21)/b13-10+. The number of carbonyl (C=O) groups is 1. The predicted octanol–water partition coefficient (Wildman–Crippen LogP) is 3.89. The summed E-state index contributed by atoms with van der Waals surface area (Å²) < 4.78 is 5.20. The molecule has 1 amide bonds. The monoisotopic (exact) mass is 312 g/mol. The lowest BCUT2D eigenvalue weighted by molar-refractivity contribution is -0.112. The summed E-state index contributed by atoms with van der Waals surface area (Å²) >= 11 is 5.99. The topological polar surface area (TPSA) is 62.1 Å². The number of rotatable bonds is 4. The highest BCUT2D eigenvalue weighted by Crippen LogP contribution is 2.23. The molecule has 0 atom stereocenters. The third-order valence-electron chi connectivity index (χ3n) is 2.93. The average Bonchev–Trinajstić information content (AvgIpc) is 2.55. The zero-order valence-corrected chi connectivity index (χ0v) is 12.6. The molecule has 4 nitrogen and oxygen atoms in total. The van der Waals surface area contributed by atoms with E-state index in [9.17, 15) is 10.1 Å². The Balaban J connectivity index is 2.28. The normalized spacial score (nSPS) is 10.7. The minimum atomic E-state index is -0.526. The highest BCUT2D eigenvalue weighted by Gasteiger charge is 2.12. The van der Waals surface area contributed by atoms with Crippen LogP contribution < -0.4 is 10.1 Å². The lowest BCUT2D eigenvalue weighted by Crippen LogP contribution is -2.13.